The number of carbonyl (C=O) groups excluding carboxylic acids is 1. The van der Waals surface area contributed by atoms with Crippen molar-refractivity contribution in [3.05, 3.63) is 46.5 Å². The standard InChI is InChI=1S/C14H17N3OS/c1-3-15-14(18)11-4-6-12(7-5-11)16-9-13-8-10(2)17-19-13/h4-8,16H,3,9H2,1-2H3,(H,15,18). The fourth-order valence-corrected chi connectivity index (χ4v) is 2.36. The van der Waals surface area contributed by atoms with Gasteiger partial charge in [0.1, 0.15) is 0 Å². The smallest absolute Gasteiger partial charge is 0.251 e. The lowest BCUT2D eigenvalue weighted by Crippen LogP contribution is -2.22. The molecule has 0 radical (unpaired) electrons. The molecule has 0 aliphatic rings. The Morgan fingerprint density at radius 1 is 1.32 bits per heavy atom. The molecule has 1 aromatic heterocycles. The Bertz CT molecular complexity index is 548. The van der Waals surface area contributed by atoms with E-state index in [2.05, 4.69) is 21.1 Å². The van der Waals surface area contributed by atoms with Crippen LogP contribution in [0.25, 0.3) is 0 Å². The molecule has 0 unspecified atom stereocenters. The molecule has 1 aromatic carbocycles. The van der Waals surface area contributed by atoms with E-state index >= 15 is 0 Å². The van der Waals surface area contributed by atoms with Crippen LogP contribution in [0, 0.1) is 6.92 Å². The van der Waals surface area contributed by atoms with Crippen molar-refractivity contribution in [1.82, 2.24) is 9.69 Å². The first-order chi connectivity index (χ1) is 9.19. The summed E-state index contributed by atoms with van der Waals surface area (Å²) in [5.74, 6) is -0.0351. The highest BCUT2D eigenvalue weighted by Gasteiger charge is 2.03. The molecule has 0 fully saturated rings. The fraction of sp³-hybridized carbons (Fsp3) is 0.286. The summed E-state index contributed by atoms with van der Waals surface area (Å²) in [5.41, 5.74) is 2.73. The quantitative estimate of drug-likeness (QED) is 0.882. The molecule has 0 saturated carbocycles. The molecule has 19 heavy (non-hydrogen) atoms. The van der Waals surface area contributed by atoms with Crippen molar-refractivity contribution in [2.45, 2.75) is 20.4 Å². The molecule has 2 aromatic rings. The Balaban J connectivity index is 1.93. The van der Waals surface area contributed by atoms with Crippen LogP contribution in [-0.2, 0) is 6.54 Å². The predicted octanol–water partition coefficient (Wildman–Crippen LogP) is 2.81. The van der Waals surface area contributed by atoms with E-state index in [4.69, 9.17) is 0 Å². The van der Waals surface area contributed by atoms with Crippen LogP contribution in [0.4, 0.5) is 5.69 Å². The number of amides is 1. The molecule has 1 heterocycles. The summed E-state index contributed by atoms with van der Waals surface area (Å²) in [6.07, 6.45) is 0. The molecule has 1 amide bonds. The summed E-state index contributed by atoms with van der Waals surface area (Å²) in [5, 5.41) is 6.09. The Labute approximate surface area is 117 Å². The minimum absolute atomic E-state index is 0.0351. The first-order valence-corrected chi connectivity index (χ1v) is 7.00. The van der Waals surface area contributed by atoms with E-state index in [-0.39, 0.29) is 5.91 Å². The van der Waals surface area contributed by atoms with Gasteiger partial charge in [-0.15, -0.1) is 0 Å². The molecule has 4 nitrogen and oxygen atoms in total. The zero-order chi connectivity index (χ0) is 13.7. The first-order valence-electron chi connectivity index (χ1n) is 6.23. The van der Waals surface area contributed by atoms with Gasteiger partial charge in [-0.2, -0.15) is 4.37 Å². The molecule has 2 rings (SSSR count). The summed E-state index contributed by atoms with van der Waals surface area (Å²) in [6.45, 7) is 5.29. The Morgan fingerprint density at radius 2 is 2.05 bits per heavy atom. The molecule has 0 saturated heterocycles. The van der Waals surface area contributed by atoms with Crippen LogP contribution >= 0.6 is 11.5 Å². The average Bonchev–Trinajstić information content (AvgIpc) is 2.83. The Morgan fingerprint density at radius 3 is 2.63 bits per heavy atom. The third-order valence-corrected chi connectivity index (χ3v) is 3.50. The molecule has 5 heteroatoms. The van der Waals surface area contributed by atoms with E-state index in [1.807, 2.05) is 38.1 Å². The largest absolute Gasteiger partial charge is 0.380 e. The lowest BCUT2D eigenvalue weighted by atomic mass is 10.2. The van der Waals surface area contributed by atoms with E-state index in [9.17, 15) is 4.79 Å². The number of hydrogen-bond donors (Lipinski definition) is 2. The van der Waals surface area contributed by atoms with Crippen molar-refractivity contribution >= 4 is 23.1 Å². The zero-order valence-corrected chi connectivity index (χ0v) is 11.9. The fourth-order valence-electron chi connectivity index (χ4n) is 1.69. The van der Waals surface area contributed by atoms with Gasteiger partial charge in [-0.3, -0.25) is 4.79 Å². The second kappa shape index (κ2) is 6.33. The van der Waals surface area contributed by atoms with E-state index < -0.39 is 0 Å². The van der Waals surface area contributed by atoms with Crippen molar-refractivity contribution in [2.75, 3.05) is 11.9 Å². The number of nitrogens with zero attached hydrogens (tertiary/aromatic N) is 1. The molecule has 100 valence electrons. The van der Waals surface area contributed by atoms with Crippen LogP contribution in [0.1, 0.15) is 27.9 Å². The maximum Gasteiger partial charge on any atom is 0.251 e. The van der Waals surface area contributed by atoms with Gasteiger partial charge in [-0.25, -0.2) is 0 Å². The highest BCUT2D eigenvalue weighted by molar-refractivity contribution is 7.05. The minimum atomic E-state index is -0.0351. The lowest BCUT2D eigenvalue weighted by Gasteiger charge is -2.06. The normalized spacial score (nSPS) is 10.2. The number of rotatable bonds is 5. The van der Waals surface area contributed by atoms with Crippen molar-refractivity contribution in [2.24, 2.45) is 0 Å². The molecule has 0 atom stereocenters. The highest BCUT2D eigenvalue weighted by Crippen LogP contribution is 2.14. The summed E-state index contributed by atoms with van der Waals surface area (Å²) < 4.78 is 4.24. The topological polar surface area (TPSA) is 54.0 Å². The summed E-state index contributed by atoms with van der Waals surface area (Å²) in [7, 11) is 0. The van der Waals surface area contributed by atoms with Gasteiger partial charge >= 0.3 is 0 Å². The molecule has 0 aliphatic carbocycles. The third-order valence-electron chi connectivity index (χ3n) is 2.63. The number of benzene rings is 1. The SMILES string of the molecule is CCNC(=O)c1ccc(NCc2cc(C)ns2)cc1. The monoisotopic (exact) mass is 275 g/mol. The lowest BCUT2D eigenvalue weighted by molar-refractivity contribution is 0.0956. The van der Waals surface area contributed by atoms with E-state index in [0.29, 0.717) is 12.1 Å². The number of carbonyl (C=O) groups is 1. The highest BCUT2D eigenvalue weighted by atomic mass is 32.1. The summed E-state index contributed by atoms with van der Waals surface area (Å²) >= 11 is 1.51. The number of aromatic nitrogens is 1. The van der Waals surface area contributed by atoms with Crippen LogP contribution in [0.3, 0.4) is 0 Å². The maximum atomic E-state index is 11.6. The number of anilines is 1. The van der Waals surface area contributed by atoms with E-state index in [1.54, 1.807) is 0 Å². The van der Waals surface area contributed by atoms with Gasteiger partial charge in [0.15, 0.2) is 0 Å². The van der Waals surface area contributed by atoms with Crippen LogP contribution in [-0.4, -0.2) is 16.8 Å². The third kappa shape index (κ3) is 3.79. The van der Waals surface area contributed by atoms with Crippen LogP contribution in [0.15, 0.2) is 30.3 Å². The summed E-state index contributed by atoms with van der Waals surface area (Å²) in [6, 6.07) is 9.55. The van der Waals surface area contributed by atoms with Crippen molar-refractivity contribution in [1.29, 1.82) is 0 Å². The molecular formula is C14H17N3OS. The average molecular weight is 275 g/mol. The second-order valence-corrected chi connectivity index (χ2v) is 5.11. The molecule has 0 bridgehead atoms. The van der Waals surface area contributed by atoms with Crippen molar-refractivity contribution < 1.29 is 4.79 Å². The molecule has 0 spiro atoms. The van der Waals surface area contributed by atoms with Gasteiger partial charge in [-0.05, 0) is 55.7 Å². The van der Waals surface area contributed by atoms with E-state index in [0.717, 1.165) is 17.9 Å². The van der Waals surface area contributed by atoms with Gasteiger partial charge in [0.2, 0.25) is 0 Å². The molecule has 0 aliphatic heterocycles. The number of aryl methyl sites for hydroxylation is 1. The molecular weight excluding hydrogens is 258 g/mol. The Hall–Kier alpha value is -1.88. The Kier molecular flexibility index (Phi) is 4.52. The van der Waals surface area contributed by atoms with Gasteiger partial charge in [0.25, 0.3) is 5.91 Å². The number of nitrogens with one attached hydrogen (secondary N) is 2. The zero-order valence-electron chi connectivity index (χ0n) is 11.1. The summed E-state index contributed by atoms with van der Waals surface area (Å²) in [4.78, 5) is 12.8. The first kappa shape index (κ1) is 13.5. The number of hydrogen-bond acceptors (Lipinski definition) is 4. The van der Waals surface area contributed by atoms with Crippen LogP contribution in [0.2, 0.25) is 0 Å². The van der Waals surface area contributed by atoms with E-state index in [1.165, 1.54) is 16.4 Å². The van der Waals surface area contributed by atoms with Gasteiger partial charge in [0, 0.05) is 22.7 Å². The van der Waals surface area contributed by atoms with Gasteiger partial charge < -0.3 is 10.6 Å². The van der Waals surface area contributed by atoms with Gasteiger partial charge in [-0.1, -0.05) is 0 Å². The predicted molar refractivity (Wildman–Crippen MR) is 78.6 cm³/mol. The minimum Gasteiger partial charge on any atom is -0.380 e. The van der Waals surface area contributed by atoms with Crippen molar-refractivity contribution in [3.8, 4) is 0 Å². The maximum absolute atomic E-state index is 11.6. The van der Waals surface area contributed by atoms with Crippen LogP contribution in [0.5, 0.6) is 0 Å². The van der Waals surface area contributed by atoms with Crippen molar-refractivity contribution in [3.63, 3.8) is 0 Å². The van der Waals surface area contributed by atoms with Gasteiger partial charge in [0.05, 0.1) is 12.2 Å². The second-order valence-electron chi connectivity index (χ2n) is 4.22. The van der Waals surface area contributed by atoms with Crippen LogP contribution < -0.4 is 10.6 Å². The molecule has 2 N–H and O–H groups in total.